The van der Waals surface area contributed by atoms with Gasteiger partial charge in [0.25, 0.3) is 5.91 Å². The lowest BCUT2D eigenvalue weighted by molar-refractivity contribution is 0.101. The molecule has 0 spiro atoms. The number of nitrogens with zero attached hydrogens (tertiary/aromatic N) is 5. The number of rotatable bonds is 3. The van der Waals surface area contributed by atoms with Crippen molar-refractivity contribution in [1.29, 1.82) is 10.5 Å². The Morgan fingerprint density at radius 2 is 2.07 bits per heavy atom. The van der Waals surface area contributed by atoms with E-state index in [0.29, 0.717) is 32.3 Å². The molecule has 0 aliphatic heterocycles. The summed E-state index contributed by atoms with van der Waals surface area (Å²) < 4.78 is 1.73. The van der Waals surface area contributed by atoms with Gasteiger partial charge in [0.15, 0.2) is 5.82 Å². The fourth-order valence-electron chi connectivity index (χ4n) is 2.49. The van der Waals surface area contributed by atoms with Gasteiger partial charge in [0.2, 0.25) is 0 Å². The number of carbonyl (C=O) groups excluding carboxylic acids is 1. The highest BCUT2D eigenvalue weighted by Gasteiger charge is 2.20. The lowest BCUT2D eigenvalue weighted by Gasteiger charge is -2.12. The van der Waals surface area contributed by atoms with E-state index in [2.05, 4.69) is 31.3 Å². The van der Waals surface area contributed by atoms with Crippen molar-refractivity contribution in [1.82, 2.24) is 14.8 Å². The van der Waals surface area contributed by atoms with Crippen LogP contribution >= 0.6 is 27.5 Å². The summed E-state index contributed by atoms with van der Waals surface area (Å²) >= 11 is 9.42. The number of halogens is 2. The Bertz CT molecular complexity index is 1140. The van der Waals surface area contributed by atoms with Crippen LogP contribution in [-0.2, 0) is 0 Å². The van der Waals surface area contributed by atoms with Gasteiger partial charge in [0.05, 0.1) is 27.9 Å². The number of pyridine rings is 1. The van der Waals surface area contributed by atoms with Crippen LogP contribution < -0.4 is 5.32 Å². The van der Waals surface area contributed by atoms with E-state index in [-0.39, 0.29) is 11.3 Å². The molecule has 7 nitrogen and oxygen atoms in total. The van der Waals surface area contributed by atoms with Crippen molar-refractivity contribution in [2.45, 2.75) is 6.92 Å². The first kappa shape index (κ1) is 18.6. The summed E-state index contributed by atoms with van der Waals surface area (Å²) in [7, 11) is 0. The van der Waals surface area contributed by atoms with Crippen molar-refractivity contribution in [3.05, 3.63) is 68.5 Å². The van der Waals surface area contributed by atoms with Gasteiger partial charge in [-0.05, 0) is 52.7 Å². The molecule has 3 aromatic rings. The van der Waals surface area contributed by atoms with E-state index in [1.165, 1.54) is 23.0 Å². The summed E-state index contributed by atoms with van der Waals surface area (Å²) in [5.41, 5.74) is 1.64. The van der Waals surface area contributed by atoms with Crippen LogP contribution in [0.5, 0.6) is 0 Å². The summed E-state index contributed by atoms with van der Waals surface area (Å²) in [4.78, 5) is 17.0. The molecular weight excluding hydrogens is 432 g/mol. The van der Waals surface area contributed by atoms with Gasteiger partial charge in [-0.1, -0.05) is 11.6 Å². The molecule has 0 saturated heterocycles. The van der Waals surface area contributed by atoms with Crippen molar-refractivity contribution >= 4 is 39.1 Å². The summed E-state index contributed by atoms with van der Waals surface area (Å²) in [6, 6.07) is 11.8. The molecule has 132 valence electrons. The van der Waals surface area contributed by atoms with Crippen LogP contribution in [0.25, 0.3) is 5.82 Å². The molecule has 0 unspecified atom stereocenters. The van der Waals surface area contributed by atoms with Gasteiger partial charge in [0, 0.05) is 12.3 Å². The third kappa shape index (κ3) is 3.68. The maximum atomic E-state index is 12.9. The Labute approximate surface area is 167 Å². The minimum atomic E-state index is -0.501. The third-order valence-corrected chi connectivity index (χ3v) is 4.36. The van der Waals surface area contributed by atoms with E-state index in [1.54, 1.807) is 25.1 Å². The van der Waals surface area contributed by atoms with Crippen LogP contribution in [0.1, 0.15) is 27.2 Å². The topological polar surface area (TPSA) is 107 Å². The second-order valence-electron chi connectivity index (χ2n) is 5.47. The van der Waals surface area contributed by atoms with Gasteiger partial charge in [-0.25, -0.2) is 9.67 Å². The Morgan fingerprint density at radius 1 is 1.30 bits per heavy atom. The first-order valence-corrected chi connectivity index (χ1v) is 8.74. The number of aromatic nitrogens is 3. The van der Waals surface area contributed by atoms with Gasteiger partial charge < -0.3 is 5.32 Å². The highest BCUT2D eigenvalue weighted by molar-refractivity contribution is 9.10. The van der Waals surface area contributed by atoms with Gasteiger partial charge in [0.1, 0.15) is 16.4 Å². The Kier molecular flexibility index (Phi) is 5.22. The normalized spacial score (nSPS) is 10.1. The molecule has 1 amide bonds. The van der Waals surface area contributed by atoms with Crippen LogP contribution in [0.3, 0.4) is 0 Å². The van der Waals surface area contributed by atoms with Crippen LogP contribution in [0.2, 0.25) is 5.02 Å². The number of nitriles is 2. The lowest BCUT2D eigenvalue weighted by Crippen LogP contribution is -2.19. The van der Waals surface area contributed by atoms with Crippen molar-refractivity contribution in [3.63, 3.8) is 0 Å². The average molecular weight is 442 g/mol. The summed E-state index contributed by atoms with van der Waals surface area (Å²) in [5, 5.41) is 25.7. The highest BCUT2D eigenvalue weighted by Crippen LogP contribution is 2.25. The average Bonchev–Trinajstić information content (AvgIpc) is 3.05. The van der Waals surface area contributed by atoms with Crippen LogP contribution in [0.15, 0.2) is 41.1 Å². The first-order chi connectivity index (χ1) is 12.9. The molecule has 9 heteroatoms. The molecule has 27 heavy (non-hydrogen) atoms. The van der Waals surface area contributed by atoms with Gasteiger partial charge in [-0.2, -0.15) is 15.6 Å². The number of hydrogen-bond donors (Lipinski definition) is 1. The fraction of sp³-hybridized carbons (Fsp3) is 0.0556. The van der Waals surface area contributed by atoms with Crippen molar-refractivity contribution < 1.29 is 4.79 Å². The van der Waals surface area contributed by atoms with E-state index in [9.17, 15) is 10.1 Å². The van der Waals surface area contributed by atoms with Crippen molar-refractivity contribution in [2.75, 3.05) is 5.32 Å². The molecule has 0 bridgehead atoms. The first-order valence-electron chi connectivity index (χ1n) is 7.57. The maximum Gasteiger partial charge on any atom is 0.274 e. The minimum Gasteiger partial charge on any atom is -0.319 e. The van der Waals surface area contributed by atoms with Crippen molar-refractivity contribution in [3.8, 4) is 18.0 Å². The highest BCUT2D eigenvalue weighted by atomic mass is 79.9. The van der Waals surface area contributed by atoms with E-state index < -0.39 is 5.91 Å². The molecule has 0 aliphatic carbocycles. The molecule has 2 heterocycles. The van der Waals surface area contributed by atoms with Crippen LogP contribution in [0, 0.1) is 29.6 Å². The molecule has 3 rings (SSSR count). The number of carbonyl (C=O) groups is 1. The number of nitrogens with one attached hydrogen (secondary N) is 1. The van der Waals surface area contributed by atoms with E-state index >= 15 is 0 Å². The van der Waals surface area contributed by atoms with Crippen LogP contribution in [-0.4, -0.2) is 20.7 Å². The number of anilines is 1. The smallest absolute Gasteiger partial charge is 0.274 e. The predicted molar refractivity (Wildman–Crippen MR) is 103 cm³/mol. The van der Waals surface area contributed by atoms with E-state index in [4.69, 9.17) is 16.9 Å². The molecule has 1 aromatic carbocycles. The zero-order valence-corrected chi connectivity index (χ0v) is 16.2. The zero-order chi connectivity index (χ0) is 19.6. The quantitative estimate of drug-likeness (QED) is 0.661. The van der Waals surface area contributed by atoms with E-state index in [0.717, 1.165) is 0 Å². The second kappa shape index (κ2) is 7.58. The predicted octanol–water partition coefficient (Wildman–Crippen LogP) is 3.99. The number of hydrogen-bond acceptors (Lipinski definition) is 5. The standard InChI is InChI=1S/C18H10BrClN6O/c1-10-5-11(8-21)6-12(9-22)16(10)24-18(27)14-7-15(19)25-26(14)17-13(20)3-2-4-23-17/h2-7H,1H3,(H,24,27). The number of benzene rings is 1. The molecule has 2 aromatic heterocycles. The van der Waals surface area contributed by atoms with Crippen molar-refractivity contribution in [2.24, 2.45) is 0 Å². The Hall–Kier alpha value is -3.20. The van der Waals surface area contributed by atoms with Gasteiger partial charge >= 0.3 is 0 Å². The Morgan fingerprint density at radius 3 is 2.74 bits per heavy atom. The molecule has 0 fully saturated rings. The summed E-state index contributed by atoms with van der Waals surface area (Å²) in [5.74, 6) is -0.202. The van der Waals surface area contributed by atoms with Gasteiger partial charge in [-0.15, -0.1) is 0 Å². The molecule has 1 N–H and O–H groups in total. The Balaban J connectivity index is 2.04. The SMILES string of the molecule is Cc1cc(C#N)cc(C#N)c1NC(=O)c1cc(Br)nn1-c1ncccc1Cl. The fourth-order valence-corrected chi connectivity index (χ4v) is 3.07. The van der Waals surface area contributed by atoms with Gasteiger partial charge in [-0.3, -0.25) is 4.79 Å². The lowest BCUT2D eigenvalue weighted by atomic mass is 10.0. The molecule has 0 aliphatic rings. The maximum absolute atomic E-state index is 12.9. The second-order valence-corrected chi connectivity index (χ2v) is 6.69. The largest absolute Gasteiger partial charge is 0.319 e. The number of amides is 1. The van der Waals surface area contributed by atoms with E-state index in [1.807, 2.05) is 12.1 Å². The molecule has 0 radical (unpaired) electrons. The summed E-state index contributed by atoms with van der Waals surface area (Å²) in [6.45, 7) is 1.71. The molecular formula is C18H10BrClN6O. The third-order valence-electron chi connectivity index (χ3n) is 3.68. The molecule has 0 saturated carbocycles. The molecule has 0 atom stereocenters. The number of aryl methyl sites for hydroxylation is 1. The van der Waals surface area contributed by atoms with Crippen LogP contribution in [0.4, 0.5) is 5.69 Å². The minimum absolute atomic E-state index is 0.176. The monoisotopic (exact) mass is 440 g/mol. The summed E-state index contributed by atoms with van der Waals surface area (Å²) in [6.07, 6.45) is 1.54. The zero-order valence-electron chi connectivity index (χ0n) is 13.9.